The molecule has 0 fully saturated rings. The van der Waals surface area contributed by atoms with E-state index < -0.39 is 0 Å². The first-order valence-electron chi connectivity index (χ1n) is 4.50. The van der Waals surface area contributed by atoms with Gasteiger partial charge in [-0.05, 0) is 28.8 Å². The van der Waals surface area contributed by atoms with Crippen LogP contribution in [0.15, 0.2) is 36.4 Å². The van der Waals surface area contributed by atoms with E-state index in [9.17, 15) is 0 Å². The number of aryl methyl sites for hydroxylation is 1. The normalized spacial score (nSPS) is 9.86. The lowest BCUT2D eigenvalue weighted by Gasteiger charge is -2.06. The van der Waals surface area contributed by atoms with Crippen molar-refractivity contribution in [1.82, 2.24) is 0 Å². The SMILES string of the molecule is Cc1cccc2cccc(CN)c12.Cl. The monoisotopic (exact) mass is 207 g/mol. The third kappa shape index (κ3) is 1.74. The van der Waals surface area contributed by atoms with Crippen molar-refractivity contribution < 1.29 is 0 Å². The van der Waals surface area contributed by atoms with Crippen LogP contribution in [0.4, 0.5) is 0 Å². The molecule has 74 valence electrons. The van der Waals surface area contributed by atoms with Gasteiger partial charge in [-0.3, -0.25) is 0 Å². The van der Waals surface area contributed by atoms with Gasteiger partial charge in [-0.1, -0.05) is 36.4 Å². The van der Waals surface area contributed by atoms with Crippen LogP contribution in [-0.2, 0) is 6.54 Å². The van der Waals surface area contributed by atoms with Crippen LogP contribution in [0, 0.1) is 6.92 Å². The maximum Gasteiger partial charge on any atom is 0.0184 e. The Morgan fingerprint density at radius 2 is 1.71 bits per heavy atom. The van der Waals surface area contributed by atoms with Crippen molar-refractivity contribution in [2.45, 2.75) is 13.5 Å². The molecule has 0 aromatic heterocycles. The van der Waals surface area contributed by atoms with E-state index in [4.69, 9.17) is 5.73 Å². The standard InChI is InChI=1S/C12H13N.ClH/c1-9-4-2-5-10-6-3-7-11(8-13)12(9)10;/h2-7H,8,13H2,1H3;1H. The summed E-state index contributed by atoms with van der Waals surface area (Å²) in [7, 11) is 0. The summed E-state index contributed by atoms with van der Waals surface area (Å²) in [6, 6.07) is 12.6. The lowest BCUT2D eigenvalue weighted by atomic mass is 10.0. The van der Waals surface area contributed by atoms with E-state index in [2.05, 4.69) is 43.3 Å². The minimum absolute atomic E-state index is 0. The summed E-state index contributed by atoms with van der Waals surface area (Å²) in [5.74, 6) is 0. The highest BCUT2D eigenvalue weighted by Crippen LogP contribution is 2.21. The zero-order chi connectivity index (χ0) is 9.26. The maximum absolute atomic E-state index is 5.68. The van der Waals surface area contributed by atoms with Crippen LogP contribution in [0.25, 0.3) is 10.8 Å². The van der Waals surface area contributed by atoms with Crippen LogP contribution in [0.3, 0.4) is 0 Å². The highest BCUT2D eigenvalue weighted by Gasteiger charge is 2.00. The number of hydrogen-bond donors (Lipinski definition) is 1. The zero-order valence-electron chi connectivity index (χ0n) is 8.16. The molecule has 0 unspecified atom stereocenters. The Labute approximate surface area is 90.3 Å². The molecule has 0 saturated carbocycles. The number of hydrogen-bond acceptors (Lipinski definition) is 1. The van der Waals surface area contributed by atoms with Crippen molar-refractivity contribution in [3.05, 3.63) is 47.5 Å². The highest BCUT2D eigenvalue weighted by molar-refractivity contribution is 5.88. The molecule has 0 heterocycles. The van der Waals surface area contributed by atoms with Crippen LogP contribution >= 0.6 is 12.4 Å². The van der Waals surface area contributed by atoms with Gasteiger partial charge < -0.3 is 5.73 Å². The molecule has 1 nitrogen and oxygen atoms in total. The Bertz CT molecular complexity index is 432. The Hall–Kier alpha value is -1.05. The molecule has 0 aliphatic heterocycles. The minimum Gasteiger partial charge on any atom is -0.326 e. The summed E-state index contributed by atoms with van der Waals surface area (Å²) in [5, 5.41) is 2.59. The molecule has 0 saturated heterocycles. The summed E-state index contributed by atoms with van der Waals surface area (Å²) < 4.78 is 0. The van der Waals surface area contributed by atoms with E-state index in [0.717, 1.165) is 0 Å². The van der Waals surface area contributed by atoms with Crippen molar-refractivity contribution in [2.75, 3.05) is 0 Å². The zero-order valence-corrected chi connectivity index (χ0v) is 8.97. The average Bonchev–Trinajstić information content (AvgIpc) is 2.17. The molecule has 0 spiro atoms. The molecular weight excluding hydrogens is 194 g/mol. The topological polar surface area (TPSA) is 26.0 Å². The Morgan fingerprint density at radius 1 is 1.07 bits per heavy atom. The molecule has 2 aromatic rings. The Balaban J connectivity index is 0.000000980. The van der Waals surface area contributed by atoms with E-state index in [1.54, 1.807) is 0 Å². The molecule has 2 rings (SSSR count). The molecule has 2 heteroatoms. The van der Waals surface area contributed by atoms with E-state index in [1.165, 1.54) is 21.9 Å². The quantitative estimate of drug-likeness (QED) is 0.765. The van der Waals surface area contributed by atoms with Crippen LogP contribution in [0.5, 0.6) is 0 Å². The van der Waals surface area contributed by atoms with Crippen molar-refractivity contribution in [2.24, 2.45) is 5.73 Å². The van der Waals surface area contributed by atoms with Crippen LogP contribution < -0.4 is 5.73 Å². The molecular formula is C12H14ClN. The van der Waals surface area contributed by atoms with Crippen molar-refractivity contribution in [3.63, 3.8) is 0 Å². The van der Waals surface area contributed by atoms with Gasteiger partial charge in [0.05, 0.1) is 0 Å². The second-order valence-electron chi connectivity index (χ2n) is 3.29. The molecule has 0 radical (unpaired) electrons. The predicted octanol–water partition coefficient (Wildman–Crippen LogP) is 3.03. The maximum atomic E-state index is 5.68. The predicted molar refractivity (Wildman–Crippen MR) is 63.8 cm³/mol. The fourth-order valence-corrected chi connectivity index (χ4v) is 1.79. The largest absolute Gasteiger partial charge is 0.326 e. The number of rotatable bonds is 1. The van der Waals surface area contributed by atoms with Crippen molar-refractivity contribution in [1.29, 1.82) is 0 Å². The van der Waals surface area contributed by atoms with Crippen LogP contribution in [-0.4, -0.2) is 0 Å². The molecule has 0 atom stereocenters. The Morgan fingerprint density at radius 3 is 2.36 bits per heavy atom. The number of benzene rings is 2. The lowest BCUT2D eigenvalue weighted by Crippen LogP contribution is -1.97. The first-order valence-corrected chi connectivity index (χ1v) is 4.50. The first-order chi connectivity index (χ1) is 6.33. The summed E-state index contributed by atoms with van der Waals surface area (Å²) in [6.45, 7) is 2.74. The van der Waals surface area contributed by atoms with Gasteiger partial charge >= 0.3 is 0 Å². The van der Waals surface area contributed by atoms with E-state index in [-0.39, 0.29) is 12.4 Å². The van der Waals surface area contributed by atoms with E-state index in [0.29, 0.717) is 6.54 Å². The molecule has 2 N–H and O–H groups in total. The third-order valence-corrected chi connectivity index (χ3v) is 2.42. The van der Waals surface area contributed by atoms with Gasteiger partial charge in [0.15, 0.2) is 0 Å². The molecule has 0 bridgehead atoms. The third-order valence-electron chi connectivity index (χ3n) is 2.42. The van der Waals surface area contributed by atoms with Gasteiger partial charge in [0.2, 0.25) is 0 Å². The van der Waals surface area contributed by atoms with Gasteiger partial charge in [-0.15, -0.1) is 12.4 Å². The highest BCUT2D eigenvalue weighted by atomic mass is 35.5. The van der Waals surface area contributed by atoms with Gasteiger partial charge in [-0.25, -0.2) is 0 Å². The van der Waals surface area contributed by atoms with E-state index in [1.807, 2.05) is 0 Å². The molecule has 0 aliphatic rings. The van der Waals surface area contributed by atoms with Crippen LogP contribution in [0.2, 0.25) is 0 Å². The Kier molecular flexibility index (Phi) is 3.50. The fourth-order valence-electron chi connectivity index (χ4n) is 1.79. The van der Waals surface area contributed by atoms with Crippen molar-refractivity contribution in [3.8, 4) is 0 Å². The fraction of sp³-hybridized carbons (Fsp3) is 0.167. The second kappa shape index (κ2) is 4.45. The van der Waals surface area contributed by atoms with Gasteiger partial charge in [0.25, 0.3) is 0 Å². The van der Waals surface area contributed by atoms with E-state index >= 15 is 0 Å². The van der Waals surface area contributed by atoms with Gasteiger partial charge in [0.1, 0.15) is 0 Å². The number of fused-ring (bicyclic) bond motifs is 1. The summed E-state index contributed by atoms with van der Waals surface area (Å²) in [5.41, 5.74) is 8.22. The molecule has 0 aliphatic carbocycles. The second-order valence-corrected chi connectivity index (χ2v) is 3.29. The smallest absolute Gasteiger partial charge is 0.0184 e. The average molecular weight is 208 g/mol. The minimum atomic E-state index is 0. The molecule has 0 amide bonds. The number of halogens is 1. The first kappa shape index (κ1) is 11.0. The van der Waals surface area contributed by atoms with Crippen LogP contribution in [0.1, 0.15) is 11.1 Å². The lowest BCUT2D eigenvalue weighted by molar-refractivity contribution is 1.08. The summed E-state index contributed by atoms with van der Waals surface area (Å²) in [4.78, 5) is 0. The van der Waals surface area contributed by atoms with Gasteiger partial charge in [-0.2, -0.15) is 0 Å². The summed E-state index contributed by atoms with van der Waals surface area (Å²) >= 11 is 0. The molecule has 14 heavy (non-hydrogen) atoms. The number of nitrogens with two attached hydrogens (primary N) is 1. The van der Waals surface area contributed by atoms with Gasteiger partial charge in [0, 0.05) is 6.54 Å². The van der Waals surface area contributed by atoms with Crippen molar-refractivity contribution >= 4 is 23.2 Å². The summed E-state index contributed by atoms with van der Waals surface area (Å²) in [6.07, 6.45) is 0. The molecule has 2 aromatic carbocycles.